The van der Waals surface area contributed by atoms with Crippen LogP contribution in [-0.4, -0.2) is 6.10 Å². The van der Waals surface area contributed by atoms with E-state index in [9.17, 15) is 4.39 Å². The zero-order valence-electron chi connectivity index (χ0n) is 11.2. The molecule has 1 unspecified atom stereocenters. The van der Waals surface area contributed by atoms with E-state index in [0.717, 1.165) is 18.4 Å². The quantitative estimate of drug-likeness (QED) is 0.883. The monoisotopic (exact) mass is 251 g/mol. The zero-order valence-corrected chi connectivity index (χ0v) is 11.2. The Morgan fingerprint density at radius 3 is 2.50 bits per heavy atom. The van der Waals surface area contributed by atoms with E-state index >= 15 is 0 Å². The number of hydrogen-bond donors (Lipinski definition) is 1. The molecule has 2 nitrogen and oxygen atoms in total. The second-order valence-corrected chi connectivity index (χ2v) is 5.43. The number of ether oxygens (including phenoxy) is 1. The van der Waals surface area contributed by atoms with Crippen LogP contribution in [0.2, 0.25) is 0 Å². The van der Waals surface area contributed by atoms with Gasteiger partial charge in [-0.15, -0.1) is 0 Å². The lowest BCUT2D eigenvalue weighted by Gasteiger charge is -2.20. The van der Waals surface area contributed by atoms with Gasteiger partial charge in [0.1, 0.15) is 0 Å². The van der Waals surface area contributed by atoms with Gasteiger partial charge >= 0.3 is 0 Å². The van der Waals surface area contributed by atoms with Gasteiger partial charge in [-0.25, -0.2) is 4.39 Å². The summed E-state index contributed by atoms with van der Waals surface area (Å²) in [5.74, 6) is 0.503. The number of halogens is 1. The van der Waals surface area contributed by atoms with Crippen LogP contribution >= 0.6 is 0 Å². The zero-order chi connectivity index (χ0) is 13.1. The minimum atomic E-state index is -0.311. The molecular formula is C15H22FNO. The molecule has 1 fully saturated rings. The highest BCUT2D eigenvalue weighted by Crippen LogP contribution is 2.35. The van der Waals surface area contributed by atoms with Crippen molar-refractivity contribution in [2.45, 2.75) is 51.7 Å². The molecule has 0 aliphatic heterocycles. The molecule has 0 radical (unpaired) electrons. The number of hydrogen-bond acceptors (Lipinski definition) is 2. The fourth-order valence-electron chi connectivity index (χ4n) is 2.66. The molecule has 0 heterocycles. The molecule has 0 spiro atoms. The Morgan fingerprint density at radius 2 is 1.94 bits per heavy atom. The molecule has 1 aromatic rings. The second-order valence-electron chi connectivity index (χ2n) is 5.43. The van der Waals surface area contributed by atoms with E-state index in [1.807, 2.05) is 19.9 Å². The Labute approximate surface area is 108 Å². The van der Waals surface area contributed by atoms with Crippen LogP contribution in [0.5, 0.6) is 5.75 Å². The molecule has 1 aromatic carbocycles. The van der Waals surface area contributed by atoms with Gasteiger partial charge < -0.3 is 10.5 Å². The molecule has 2 N–H and O–H groups in total. The lowest BCUT2D eigenvalue weighted by molar-refractivity contribution is 0.231. The first-order valence-corrected chi connectivity index (χ1v) is 6.79. The van der Waals surface area contributed by atoms with Crippen LogP contribution < -0.4 is 10.5 Å². The molecular weight excluding hydrogens is 229 g/mol. The first-order valence-electron chi connectivity index (χ1n) is 6.79. The number of nitrogens with two attached hydrogens (primary N) is 1. The number of rotatable bonds is 4. The Bertz CT molecular complexity index is 399. The van der Waals surface area contributed by atoms with Gasteiger partial charge in [-0.3, -0.25) is 0 Å². The molecule has 1 saturated carbocycles. The van der Waals surface area contributed by atoms with Crippen LogP contribution in [0.3, 0.4) is 0 Å². The summed E-state index contributed by atoms with van der Waals surface area (Å²) in [4.78, 5) is 0. The van der Waals surface area contributed by atoms with Crippen LogP contribution in [0.1, 0.15) is 51.1 Å². The molecule has 100 valence electrons. The Morgan fingerprint density at radius 1 is 1.28 bits per heavy atom. The van der Waals surface area contributed by atoms with Crippen LogP contribution in [0.15, 0.2) is 18.2 Å². The molecule has 1 atom stereocenters. The number of benzene rings is 1. The highest BCUT2D eigenvalue weighted by atomic mass is 19.1. The van der Waals surface area contributed by atoms with E-state index in [2.05, 4.69) is 0 Å². The van der Waals surface area contributed by atoms with Gasteiger partial charge in [0.15, 0.2) is 11.6 Å². The lowest BCUT2D eigenvalue weighted by Crippen LogP contribution is -2.19. The average molecular weight is 251 g/mol. The molecule has 2 rings (SSSR count). The molecule has 1 aliphatic rings. The Hall–Kier alpha value is -1.09. The molecule has 3 heteroatoms. The van der Waals surface area contributed by atoms with Crippen molar-refractivity contribution in [1.29, 1.82) is 0 Å². The largest absolute Gasteiger partial charge is 0.488 e. The second kappa shape index (κ2) is 5.70. The van der Waals surface area contributed by atoms with Crippen molar-refractivity contribution in [2.75, 3.05) is 0 Å². The minimum absolute atomic E-state index is 0.0196. The topological polar surface area (TPSA) is 35.2 Å². The van der Waals surface area contributed by atoms with Gasteiger partial charge in [0, 0.05) is 6.04 Å². The van der Waals surface area contributed by atoms with E-state index in [1.165, 1.54) is 18.9 Å². The van der Waals surface area contributed by atoms with Crippen molar-refractivity contribution in [2.24, 2.45) is 11.7 Å². The van der Waals surface area contributed by atoms with E-state index in [4.69, 9.17) is 10.5 Å². The van der Waals surface area contributed by atoms with Crippen molar-refractivity contribution >= 4 is 0 Å². The van der Waals surface area contributed by atoms with Crippen molar-refractivity contribution in [3.8, 4) is 5.75 Å². The summed E-state index contributed by atoms with van der Waals surface area (Å²) in [7, 11) is 0. The molecule has 0 bridgehead atoms. The SMILES string of the molecule is CC(C)Oc1ccc(C(N)C2CCCC2)cc1F. The summed E-state index contributed by atoms with van der Waals surface area (Å²) in [5.41, 5.74) is 7.10. The third-order valence-electron chi connectivity index (χ3n) is 3.61. The maximum absolute atomic E-state index is 13.9. The fraction of sp³-hybridized carbons (Fsp3) is 0.600. The highest BCUT2D eigenvalue weighted by Gasteiger charge is 2.24. The van der Waals surface area contributed by atoms with E-state index in [1.54, 1.807) is 6.07 Å². The fourth-order valence-corrected chi connectivity index (χ4v) is 2.66. The summed E-state index contributed by atoms with van der Waals surface area (Å²) >= 11 is 0. The predicted octanol–water partition coefficient (Wildman–Crippen LogP) is 3.80. The van der Waals surface area contributed by atoms with Crippen LogP contribution in [0.4, 0.5) is 4.39 Å². The molecule has 0 saturated heterocycles. The minimum Gasteiger partial charge on any atom is -0.488 e. The third kappa shape index (κ3) is 3.02. The Kier molecular flexibility index (Phi) is 4.23. The standard InChI is InChI=1S/C15H22FNO/c1-10(2)18-14-8-7-12(9-13(14)16)15(17)11-5-3-4-6-11/h7-11,15H,3-6,17H2,1-2H3. The van der Waals surface area contributed by atoms with Crippen LogP contribution in [0.25, 0.3) is 0 Å². The van der Waals surface area contributed by atoms with Gasteiger partial charge in [0.05, 0.1) is 6.10 Å². The molecule has 1 aliphatic carbocycles. The summed E-state index contributed by atoms with van der Waals surface area (Å²) in [5, 5.41) is 0. The van der Waals surface area contributed by atoms with Crippen LogP contribution in [-0.2, 0) is 0 Å². The molecule has 0 amide bonds. The van der Waals surface area contributed by atoms with Crippen molar-refractivity contribution in [3.05, 3.63) is 29.6 Å². The van der Waals surface area contributed by atoms with Crippen molar-refractivity contribution < 1.29 is 9.13 Å². The average Bonchev–Trinajstić information content (AvgIpc) is 2.84. The van der Waals surface area contributed by atoms with Gasteiger partial charge in [-0.05, 0) is 50.3 Å². The smallest absolute Gasteiger partial charge is 0.165 e. The molecule has 18 heavy (non-hydrogen) atoms. The van der Waals surface area contributed by atoms with Gasteiger partial charge in [-0.1, -0.05) is 18.9 Å². The van der Waals surface area contributed by atoms with Gasteiger partial charge in [0.25, 0.3) is 0 Å². The van der Waals surface area contributed by atoms with Gasteiger partial charge in [-0.2, -0.15) is 0 Å². The van der Waals surface area contributed by atoms with Crippen molar-refractivity contribution in [3.63, 3.8) is 0 Å². The lowest BCUT2D eigenvalue weighted by atomic mass is 9.92. The summed E-state index contributed by atoms with van der Waals surface area (Å²) in [6.45, 7) is 3.77. The third-order valence-corrected chi connectivity index (χ3v) is 3.61. The summed E-state index contributed by atoms with van der Waals surface area (Å²) < 4.78 is 19.3. The normalized spacial score (nSPS) is 18.3. The van der Waals surface area contributed by atoms with E-state index in [0.29, 0.717) is 11.7 Å². The van der Waals surface area contributed by atoms with E-state index < -0.39 is 0 Å². The summed E-state index contributed by atoms with van der Waals surface area (Å²) in [6.07, 6.45) is 4.79. The maximum Gasteiger partial charge on any atom is 0.165 e. The maximum atomic E-state index is 13.9. The first kappa shape index (κ1) is 13.3. The first-order chi connectivity index (χ1) is 8.58. The van der Waals surface area contributed by atoms with Crippen molar-refractivity contribution in [1.82, 2.24) is 0 Å². The molecule has 0 aromatic heterocycles. The van der Waals surface area contributed by atoms with Crippen LogP contribution in [0, 0.1) is 11.7 Å². The predicted molar refractivity (Wildman–Crippen MR) is 71.1 cm³/mol. The Balaban J connectivity index is 2.12. The van der Waals surface area contributed by atoms with Gasteiger partial charge in [0.2, 0.25) is 0 Å². The highest BCUT2D eigenvalue weighted by molar-refractivity contribution is 5.31. The summed E-state index contributed by atoms with van der Waals surface area (Å²) in [6, 6.07) is 5.07. The van der Waals surface area contributed by atoms with E-state index in [-0.39, 0.29) is 18.0 Å².